The molecule has 2 heteroatoms. The standard InChI is InChI=1S/C33H60OSi/c1-7-11-12-13-14-15-16-26-18-20-30-29-19-17-27-25-28(34-35(8-2,9-3)10-4)21-23-33(27,6)31(29)22-24-32(26,30)5/h17,26,28-31H,7-16,18-25H2,1-6H3/t26-,28?,29-,30-,31-,32+,33-/m0/s1. The first-order valence-corrected chi connectivity index (χ1v) is 18.8. The van der Waals surface area contributed by atoms with Crippen molar-refractivity contribution in [3.8, 4) is 0 Å². The van der Waals surface area contributed by atoms with Crippen LogP contribution in [0.3, 0.4) is 0 Å². The van der Waals surface area contributed by atoms with E-state index in [0.717, 1.165) is 23.7 Å². The Morgan fingerprint density at radius 1 is 0.829 bits per heavy atom. The summed E-state index contributed by atoms with van der Waals surface area (Å²) in [5.41, 5.74) is 2.92. The molecular formula is C33H60OSi. The first-order chi connectivity index (χ1) is 16.9. The Balaban J connectivity index is 1.39. The van der Waals surface area contributed by atoms with Crippen molar-refractivity contribution in [3.05, 3.63) is 11.6 Å². The smallest absolute Gasteiger partial charge is 0.192 e. The molecule has 0 aromatic carbocycles. The van der Waals surface area contributed by atoms with Crippen molar-refractivity contribution >= 4 is 8.32 Å². The van der Waals surface area contributed by atoms with Crippen LogP contribution in [0.25, 0.3) is 0 Å². The van der Waals surface area contributed by atoms with E-state index in [1.165, 1.54) is 114 Å². The molecule has 3 fully saturated rings. The topological polar surface area (TPSA) is 9.23 Å². The van der Waals surface area contributed by atoms with Gasteiger partial charge in [0.05, 0.1) is 0 Å². The van der Waals surface area contributed by atoms with E-state index in [0.29, 0.717) is 16.9 Å². The van der Waals surface area contributed by atoms with Crippen LogP contribution < -0.4 is 0 Å². The molecule has 0 amide bonds. The molecule has 0 spiro atoms. The minimum atomic E-state index is -1.50. The maximum atomic E-state index is 7.02. The third-order valence-corrected chi connectivity index (χ3v) is 17.2. The van der Waals surface area contributed by atoms with Gasteiger partial charge in [0.25, 0.3) is 0 Å². The van der Waals surface area contributed by atoms with Crippen LogP contribution in [0.15, 0.2) is 11.6 Å². The van der Waals surface area contributed by atoms with Crippen LogP contribution >= 0.6 is 0 Å². The van der Waals surface area contributed by atoms with Crippen molar-refractivity contribution in [2.24, 2.45) is 34.5 Å². The second-order valence-corrected chi connectivity index (χ2v) is 18.6. The van der Waals surface area contributed by atoms with Gasteiger partial charge in [0.15, 0.2) is 8.32 Å². The minimum Gasteiger partial charge on any atom is -0.414 e. The monoisotopic (exact) mass is 500 g/mol. The minimum absolute atomic E-state index is 0.469. The number of allylic oxidation sites excluding steroid dienone is 1. The lowest BCUT2D eigenvalue weighted by molar-refractivity contribution is -0.0498. The molecule has 4 aliphatic rings. The molecule has 0 heterocycles. The maximum Gasteiger partial charge on any atom is 0.192 e. The summed E-state index contributed by atoms with van der Waals surface area (Å²) in [5, 5.41) is 0. The van der Waals surface area contributed by atoms with Gasteiger partial charge in [-0.2, -0.15) is 0 Å². The van der Waals surface area contributed by atoms with E-state index in [1.54, 1.807) is 0 Å². The zero-order chi connectivity index (χ0) is 25.1. The van der Waals surface area contributed by atoms with Gasteiger partial charge in [-0.15, -0.1) is 0 Å². The summed E-state index contributed by atoms with van der Waals surface area (Å²) < 4.78 is 7.02. The molecule has 3 saturated carbocycles. The Labute approximate surface area is 220 Å². The van der Waals surface area contributed by atoms with Crippen molar-refractivity contribution in [3.63, 3.8) is 0 Å². The van der Waals surface area contributed by atoms with Gasteiger partial charge in [0.1, 0.15) is 0 Å². The molecule has 0 aromatic heterocycles. The molecule has 4 rings (SSSR count). The number of hydrogen-bond donors (Lipinski definition) is 0. The molecule has 0 aliphatic heterocycles. The van der Waals surface area contributed by atoms with E-state index in [1.807, 2.05) is 5.57 Å². The summed E-state index contributed by atoms with van der Waals surface area (Å²) in [6, 6.07) is 3.87. The third-order valence-electron chi connectivity index (χ3n) is 12.5. The molecule has 1 unspecified atom stereocenters. The summed E-state index contributed by atoms with van der Waals surface area (Å²) in [6.07, 6.45) is 24.9. The predicted molar refractivity (Wildman–Crippen MR) is 155 cm³/mol. The zero-order valence-electron chi connectivity index (χ0n) is 24.6. The average Bonchev–Trinajstić information content (AvgIpc) is 3.21. The summed E-state index contributed by atoms with van der Waals surface area (Å²) >= 11 is 0. The second-order valence-electron chi connectivity index (χ2n) is 13.9. The first-order valence-electron chi connectivity index (χ1n) is 16.2. The molecular weight excluding hydrogens is 440 g/mol. The zero-order valence-corrected chi connectivity index (χ0v) is 25.6. The highest BCUT2D eigenvalue weighted by Crippen LogP contribution is 2.67. The van der Waals surface area contributed by atoms with Crippen molar-refractivity contribution in [2.75, 3.05) is 0 Å². The number of hydrogen-bond acceptors (Lipinski definition) is 1. The Morgan fingerprint density at radius 2 is 1.54 bits per heavy atom. The van der Waals surface area contributed by atoms with Crippen LogP contribution in [-0.4, -0.2) is 14.4 Å². The highest BCUT2D eigenvalue weighted by molar-refractivity contribution is 6.73. The summed E-state index contributed by atoms with van der Waals surface area (Å²) in [4.78, 5) is 0. The van der Waals surface area contributed by atoms with E-state index in [-0.39, 0.29) is 0 Å². The van der Waals surface area contributed by atoms with Gasteiger partial charge < -0.3 is 4.43 Å². The second kappa shape index (κ2) is 11.8. The van der Waals surface area contributed by atoms with Crippen molar-refractivity contribution in [1.82, 2.24) is 0 Å². The quantitative estimate of drug-likeness (QED) is 0.147. The van der Waals surface area contributed by atoms with Gasteiger partial charge in [0.2, 0.25) is 0 Å². The fraction of sp³-hybridized carbons (Fsp3) is 0.939. The lowest BCUT2D eigenvalue weighted by atomic mass is 9.47. The first kappa shape index (κ1) is 27.9. The molecule has 4 aliphatic carbocycles. The van der Waals surface area contributed by atoms with Crippen LogP contribution in [0.5, 0.6) is 0 Å². The Morgan fingerprint density at radius 3 is 2.26 bits per heavy atom. The summed E-state index contributed by atoms with van der Waals surface area (Å²) in [6.45, 7) is 14.9. The third kappa shape index (κ3) is 5.41. The molecule has 202 valence electrons. The molecule has 1 nitrogen and oxygen atoms in total. The van der Waals surface area contributed by atoms with Gasteiger partial charge in [-0.3, -0.25) is 0 Å². The van der Waals surface area contributed by atoms with E-state index in [2.05, 4.69) is 47.6 Å². The fourth-order valence-corrected chi connectivity index (χ4v) is 12.7. The van der Waals surface area contributed by atoms with Gasteiger partial charge >= 0.3 is 0 Å². The van der Waals surface area contributed by atoms with Gasteiger partial charge in [0, 0.05) is 6.10 Å². The van der Waals surface area contributed by atoms with Crippen molar-refractivity contribution in [1.29, 1.82) is 0 Å². The summed E-state index contributed by atoms with van der Waals surface area (Å²) in [7, 11) is -1.50. The molecule has 7 atom stereocenters. The highest BCUT2D eigenvalue weighted by Gasteiger charge is 2.58. The van der Waals surface area contributed by atoms with Crippen LogP contribution in [-0.2, 0) is 4.43 Å². The molecule has 0 saturated heterocycles. The van der Waals surface area contributed by atoms with Crippen molar-refractivity contribution in [2.45, 2.75) is 162 Å². The summed E-state index contributed by atoms with van der Waals surface area (Å²) in [5.74, 6) is 3.91. The van der Waals surface area contributed by atoms with Gasteiger partial charge in [-0.1, -0.05) is 91.7 Å². The van der Waals surface area contributed by atoms with Crippen LogP contribution in [0.4, 0.5) is 0 Å². The molecule has 0 aromatic rings. The van der Waals surface area contributed by atoms with Crippen molar-refractivity contribution < 1.29 is 4.43 Å². The van der Waals surface area contributed by atoms with E-state index in [4.69, 9.17) is 4.43 Å². The molecule has 0 radical (unpaired) electrons. The normalized spacial score (nSPS) is 39.0. The Kier molecular flexibility index (Phi) is 9.38. The lowest BCUT2D eigenvalue weighted by Gasteiger charge is -2.58. The van der Waals surface area contributed by atoms with Crippen LogP contribution in [0.2, 0.25) is 18.1 Å². The van der Waals surface area contributed by atoms with E-state index in [9.17, 15) is 0 Å². The van der Waals surface area contributed by atoms with E-state index >= 15 is 0 Å². The number of fused-ring (bicyclic) bond motifs is 5. The van der Waals surface area contributed by atoms with E-state index < -0.39 is 8.32 Å². The molecule has 0 N–H and O–H groups in total. The van der Waals surface area contributed by atoms with Crippen LogP contribution in [0.1, 0.15) is 138 Å². The lowest BCUT2D eigenvalue weighted by Crippen LogP contribution is -2.51. The largest absolute Gasteiger partial charge is 0.414 e. The Hall–Kier alpha value is -0.0831. The van der Waals surface area contributed by atoms with Gasteiger partial charge in [-0.05, 0) is 110 Å². The maximum absolute atomic E-state index is 7.02. The SMILES string of the molecule is CCCCCCCC[C@H]1CC[C@H]2[C@@H]3CC=C4CC(O[Si](CC)(CC)CC)CC[C@]4(C)[C@H]3CC[C@]12C. The van der Waals surface area contributed by atoms with Crippen LogP contribution in [0, 0.1) is 34.5 Å². The van der Waals surface area contributed by atoms with Gasteiger partial charge in [-0.25, -0.2) is 0 Å². The number of unbranched alkanes of at least 4 members (excludes halogenated alkanes) is 5. The Bertz CT molecular complexity index is 702. The predicted octanol–water partition coefficient (Wildman–Crippen LogP) is 10.7. The molecule has 35 heavy (non-hydrogen) atoms. The highest BCUT2D eigenvalue weighted by atomic mass is 28.4. The average molecular weight is 501 g/mol. The molecule has 0 bridgehead atoms. The fourth-order valence-electron chi connectivity index (χ4n) is 9.84. The number of rotatable bonds is 12.